The van der Waals surface area contributed by atoms with Gasteiger partial charge in [0.1, 0.15) is 18.5 Å². The van der Waals surface area contributed by atoms with Gasteiger partial charge in [-0.2, -0.15) is 13.2 Å². The van der Waals surface area contributed by atoms with Crippen LogP contribution in [-0.2, 0) is 10.9 Å². The Kier molecular flexibility index (Phi) is 12.0. The normalized spacial score (nSPS) is 16.8. The number of nitrogens with zero attached hydrogens (tertiary/aromatic N) is 2. The lowest BCUT2D eigenvalue weighted by molar-refractivity contribution is -0.137. The van der Waals surface area contributed by atoms with Crippen LogP contribution in [0.25, 0.3) is 0 Å². The minimum atomic E-state index is -4.44. The van der Waals surface area contributed by atoms with E-state index in [-0.39, 0.29) is 48.4 Å². The van der Waals surface area contributed by atoms with E-state index in [0.717, 1.165) is 25.2 Å². The molecule has 184 valence electrons. The van der Waals surface area contributed by atoms with Crippen molar-refractivity contribution in [2.24, 2.45) is 4.99 Å². The van der Waals surface area contributed by atoms with Crippen molar-refractivity contribution >= 4 is 29.9 Å². The largest absolute Gasteiger partial charge is 0.491 e. The number of aliphatic hydroxyl groups excluding tert-OH is 1. The third-order valence-electron chi connectivity index (χ3n) is 4.94. The van der Waals surface area contributed by atoms with E-state index in [0.29, 0.717) is 32.3 Å². The molecule has 0 radical (unpaired) electrons. The van der Waals surface area contributed by atoms with Crippen molar-refractivity contribution in [2.75, 3.05) is 52.5 Å². The Labute approximate surface area is 204 Å². The summed E-state index contributed by atoms with van der Waals surface area (Å²) in [6.07, 6.45) is -5.36. The second kappa shape index (κ2) is 13.4. The number of halogens is 4. The maximum Gasteiger partial charge on any atom is 0.416 e. The molecule has 0 spiro atoms. The van der Waals surface area contributed by atoms with E-state index >= 15 is 0 Å². The highest BCUT2D eigenvalue weighted by Gasteiger charge is 2.30. The van der Waals surface area contributed by atoms with E-state index in [4.69, 9.17) is 9.47 Å². The summed E-state index contributed by atoms with van der Waals surface area (Å²) in [4.78, 5) is 6.96. The first-order valence-corrected chi connectivity index (χ1v) is 10.4. The van der Waals surface area contributed by atoms with Crippen molar-refractivity contribution in [1.82, 2.24) is 15.5 Å². The first-order valence-electron chi connectivity index (χ1n) is 10.4. The van der Waals surface area contributed by atoms with Gasteiger partial charge in [-0.15, -0.1) is 24.0 Å². The summed E-state index contributed by atoms with van der Waals surface area (Å²) in [6, 6.07) is 4.59. The van der Waals surface area contributed by atoms with E-state index in [2.05, 4.69) is 34.4 Å². The molecule has 1 aromatic rings. The van der Waals surface area contributed by atoms with Crippen molar-refractivity contribution in [3.05, 3.63) is 29.8 Å². The summed E-state index contributed by atoms with van der Waals surface area (Å²) in [5.74, 6) is 0.615. The molecule has 11 heteroatoms. The zero-order chi connectivity index (χ0) is 22.9. The Bertz CT molecular complexity index is 714. The number of nitrogens with one attached hydrogen (secondary N) is 2. The number of aliphatic imine (C=N–C) groups is 1. The molecule has 1 saturated heterocycles. The topological polar surface area (TPSA) is 78.4 Å². The SMILES string of the molecule is CCNC(=NCC(C)(C)N1CCOCC1)NCC(O)COc1cccc(C(F)(F)F)c1.I. The third kappa shape index (κ3) is 9.67. The molecule has 1 fully saturated rings. The van der Waals surface area contributed by atoms with Crippen LogP contribution in [0.2, 0.25) is 0 Å². The average Bonchev–Trinajstić information content (AvgIpc) is 2.74. The summed E-state index contributed by atoms with van der Waals surface area (Å²) < 4.78 is 49.1. The monoisotopic (exact) mass is 574 g/mol. The second-order valence-electron chi connectivity index (χ2n) is 7.98. The molecule has 0 aliphatic carbocycles. The quantitative estimate of drug-likeness (QED) is 0.239. The molecule has 0 saturated carbocycles. The Morgan fingerprint density at radius 2 is 1.94 bits per heavy atom. The lowest BCUT2D eigenvalue weighted by Crippen LogP contribution is -2.52. The van der Waals surface area contributed by atoms with Gasteiger partial charge in [-0.1, -0.05) is 6.07 Å². The molecule has 1 atom stereocenters. The van der Waals surface area contributed by atoms with Gasteiger partial charge in [0.05, 0.1) is 25.3 Å². The molecule has 32 heavy (non-hydrogen) atoms. The summed E-state index contributed by atoms with van der Waals surface area (Å²) in [7, 11) is 0. The van der Waals surface area contributed by atoms with Crippen LogP contribution in [0.4, 0.5) is 13.2 Å². The molecular weight excluding hydrogens is 540 g/mol. The number of aliphatic hydroxyl groups is 1. The molecule has 1 heterocycles. The van der Waals surface area contributed by atoms with Gasteiger partial charge in [-0.25, -0.2) is 0 Å². The molecule has 1 aromatic carbocycles. The van der Waals surface area contributed by atoms with E-state index < -0.39 is 17.8 Å². The highest BCUT2D eigenvalue weighted by molar-refractivity contribution is 14.0. The predicted octanol–water partition coefficient (Wildman–Crippen LogP) is 2.73. The standard InChI is InChI=1S/C21H33F3N4O3.HI/c1-4-25-19(27-15-20(2,3)28-8-10-30-11-9-28)26-13-17(29)14-31-18-7-5-6-16(12-18)21(22,23)24;/h5-7,12,17,29H,4,8-11,13-15H2,1-3H3,(H2,25,26,27);1H. The summed E-state index contributed by atoms with van der Waals surface area (Å²) >= 11 is 0. The van der Waals surface area contributed by atoms with Gasteiger partial charge in [0, 0.05) is 31.7 Å². The van der Waals surface area contributed by atoms with Gasteiger partial charge in [0.15, 0.2) is 5.96 Å². The fraction of sp³-hybridized carbons (Fsp3) is 0.667. The summed E-state index contributed by atoms with van der Waals surface area (Å²) in [5.41, 5.74) is -0.931. The van der Waals surface area contributed by atoms with Crippen LogP contribution in [-0.4, -0.2) is 80.2 Å². The maximum absolute atomic E-state index is 12.8. The van der Waals surface area contributed by atoms with Crippen LogP contribution in [0, 0.1) is 0 Å². The fourth-order valence-corrected chi connectivity index (χ4v) is 3.11. The van der Waals surface area contributed by atoms with Crippen LogP contribution >= 0.6 is 24.0 Å². The number of hydrogen-bond donors (Lipinski definition) is 3. The molecule has 0 aromatic heterocycles. The Balaban J connectivity index is 0.00000512. The Hall–Kier alpha value is -1.31. The van der Waals surface area contributed by atoms with Crippen molar-refractivity contribution < 1.29 is 27.8 Å². The van der Waals surface area contributed by atoms with Crippen LogP contribution in [0.1, 0.15) is 26.3 Å². The first kappa shape index (κ1) is 28.7. The zero-order valence-corrected chi connectivity index (χ0v) is 21.1. The minimum absolute atomic E-state index is 0. The average molecular weight is 574 g/mol. The highest BCUT2D eigenvalue weighted by Crippen LogP contribution is 2.31. The van der Waals surface area contributed by atoms with Gasteiger partial charge in [-0.3, -0.25) is 9.89 Å². The van der Waals surface area contributed by atoms with E-state index in [1.165, 1.54) is 12.1 Å². The van der Waals surface area contributed by atoms with Crippen molar-refractivity contribution in [2.45, 2.75) is 38.6 Å². The summed E-state index contributed by atoms with van der Waals surface area (Å²) in [6.45, 7) is 10.5. The van der Waals surface area contributed by atoms with Gasteiger partial charge in [0.25, 0.3) is 0 Å². The molecule has 1 aliphatic heterocycles. The lowest BCUT2D eigenvalue weighted by Gasteiger charge is -2.39. The number of ether oxygens (including phenoxy) is 2. The maximum atomic E-state index is 12.8. The molecule has 1 aliphatic rings. The first-order chi connectivity index (χ1) is 14.6. The van der Waals surface area contributed by atoms with Crippen LogP contribution in [0.15, 0.2) is 29.3 Å². The second-order valence-corrected chi connectivity index (χ2v) is 7.98. The molecule has 3 N–H and O–H groups in total. The van der Waals surface area contributed by atoms with Gasteiger partial charge < -0.3 is 25.2 Å². The minimum Gasteiger partial charge on any atom is -0.491 e. The molecular formula is C21H34F3IN4O3. The third-order valence-corrected chi connectivity index (χ3v) is 4.94. The fourth-order valence-electron chi connectivity index (χ4n) is 3.11. The van der Waals surface area contributed by atoms with Gasteiger partial charge in [0.2, 0.25) is 0 Å². The number of morpholine rings is 1. The molecule has 0 bridgehead atoms. The van der Waals surface area contributed by atoms with Crippen molar-refractivity contribution in [3.8, 4) is 5.75 Å². The number of alkyl halides is 3. The van der Waals surface area contributed by atoms with Crippen LogP contribution < -0.4 is 15.4 Å². The number of rotatable bonds is 9. The van der Waals surface area contributed by atoms with Crippen LogP contribution in [0.3, 0.4) is 0 Å². The van der Waals surface area contributed by atoms with Crippen molar-refractivity contribution in [1.29, 1.82) is 0 Å². The Morgan fingerprint density at radius 1 is 1.25 bits per heavy atom. The molecule has 7 nitrogen and oxygen atoms in total. The zero-order valence-electron chi connectivity index (χ0n) is 18.7. The van der Waals surface area contributed by atoms with E-state index in [9.17, 15) is 18.3 Å². The van der Waals surface area contributed by atoms with Crippen molar-refractivity contribution in [3.63, 3.8) is 0 Å². The van der Waals surface area contributed by atoms with E-state index in [1.54, 1.807) is 0 Å². The molecule has 2 rings (SSSR count). The predicted molar refractivity (Wildman–Crippen MR) is 129 cm³/mol. The highest BCUT2D eigenvalue weighted by atomic mass is 127. The smallest absolute Gasteiger partial charge is 0.416 e. The lowest BCUT2D eigenvalue weighted by atomic mass is 10.0. The molecule has 0 amide bonds. The summed E-state index contributed by atoms with van der Waals surface area (Å²) in [5, 5.41) is 16.4. The number of guanidine groups is 1. The number of benzene rings is 1. The van der Waals surface area contributed by atoms with E-state index in [1.807, 2.05) is 6.92 Å². The van der Waals surface area contributed by atoms with Crippen LogP contribution in [0.5, 0.6) is 5.75 Å². The van der Waals surface area contributed by atoms with Gasteiger partial charge >= 0.3 is 6.18 Å². The van der Waals surface area contributed by atoms with Gasteiger partial charge in [-0.05, 0) is 39.0 Å². The molecule has 1 unspecified atom stereocenters. The number of hydrogen-bond acceptors (Lipinski definition) is 5. The Morgan fingerprint density at radius 3 is 2.56 bits per heavy atom.